The molecule has 182 valence electrons. The SMILES string of the molecule is CCC(C(=O)N1CCC(NC(=O)c2ccc(CNC(=O)c3cccs3)cc2)CC1)c1ccccc1. The van der Waals surface area contributed by atoms with Crippen molar-refractivity contribution in [1.29, 1.82) is 0 Å². The van der Waals surface area contributed by atoms with Gasteiger partial charge in [-0.15, -0.1) is 11.3 Å². The molecule has 0 radical (unpaired) electrons. The number of rotatable bonds is 8. The quantitative estimate of drug-likeness (QED) is 0.486. The second kappa shape index (κ2) is 11.8. The van der Waals surface area contributed by atoms with Crippen LogP contribution in [0.3, 0.4) is 0 Å². The Balaban J connectivity index is 1.24. The molecule has 1 unspecified atom stereocenters. The Morgan fingerprint density at radius 2 is 1.66 bits per heavy atom. The summed E-state index contributed by atoms with van der Waals surface area (Å²) in [7, 11) is 0. The summed E-state index contributed by atoms with van der Waals surface area (Å²) < 4.78 is 0. The Morgan fingerprint density at radius 1 is 0.943 bits per heavy atom. The molecule has 3 amide bonds. The molecule has 1 aromatic heterocycles. The maximum absolute atomic E-state index is 13.1. The largest absolute Gasteiger partial charge is 0.349 e. The number of amides is 3. The van der Waals surface area contributed by atoms with Gasteiger partial charge in [0.15, 0.2) is 0 Å². The summed E-state index contributed by atoms with van der Waals surface area (Å²) in [4.78, 5) is 40.5. The van der Waals surface area contributed by atoms with Gasteiger partial charge in [-0.25, -0.2) is 0 Å². The highest BCUT2D eigenvalue weighted by molar-refractivity contribution is 7.12. The van der Waals surface area contributed by atoms with Crippen LogP contribution in [0.5, 0.6) is 0 Å². The van der Waals surface area contributed by atoms with Gasteiger partial charge in [0.05, 0.1) is 10.8 Å². The van der Waals surface area contributed by atoms with Crippen LogP contribution in [0.15, 0.2) is 72.1 Å². The molecule has 3 aromatic rings. The molecule has 2 N–H and O–H groups in total. The van der Waals surface area contributed by atoms with Gasteiger partial charge in [-0.2, -0.15) is 0 Å². The van der Waals surface area contributed by atoms with Crippen molar-refractivity contribution in [1.82, 2.24) is 15.5 Å². The monoisotopic (exact) mass is 489 g/mol. The van der Waals surface area contributed by atoms with E-state index in [2.05, 4.69) is 10.6 Å². The number of carbonyl (C=O) groups excluding carboxylic acids is 3. The normalized spacial score (nSPS) is 14.8. The number of benzene rings is 2. The van der Waals surface area contributed by atoms with E-state index >= 15 is 0 Å². The molecule has 6 nitrogen and oxygen atoms in total. The molecule has 2 aromatic carbocycles. The highest BCUT2D eigenvalue weighted by Gasteiger charge is 2.28. The molecule has 1 atom stereocenters. The lowest BCUT2D eigenvalue weighted by atomic mass is 9.93. The minimum atomic E-state index is -0.115. The lowest BCUT2D eigenvalue weighted by Crippen LogP contribution is -2.47. The molecule has 0 bridgehead atoms. The van der Waals surface area contributed by atoms with E-state index in [4.69, 9.17) is 0 Å². The Hall–Kier alpha value is -3.45. The molecule has 0 spiro atoms. The van der Waals surface area contributed by atoms with Crippen molar-refractivity contribution in [2.45, 2.75) is 44.7 Å². The lowest BCUT2D eigenvalue weighted by molar-refractivity contribution is -0.134. The minimum Gasteiger partial charge on any atom is -0.349 e. The molecule has 4 rings (SSSR count). The maximum atomic E-state index is 13.1. The predicted molar refractivity (Wildman–Crippen MR) is 138 cm³/mol. The van der Waals surface area contributed by atoms with E-state index in [1.54, 1.807) is 18.2 Å². The van der Waals surface area contributed by atoms with Gasteiger partial charge in [-0.1, -0.05) is 55.5 Å². The van der Waals surface area contributed by atoms with Crippen molar-refractivity contribution < 1.29 is 14.4 Å². The van der Waals surface area contributed by atoms with E-state index in [-0.39, 0.29) is 29.7 Å². The molecular weight excluding hydrogens is 458 g/mol. The Bertz CT molecular complexity index is 1120. The van der Waals surface area contributed by atoms with Gasteiger partial charge in [0.25, 0.3) is 11.8 Å². The second-order valence-corrected chi connectivity index (χ2v) is 9.75. The Morgan fingerprint density at radius 3 is 2.29 bits per heavy atom. The van der Waals surface area contributed by atoms with Gasteiger partial charge in [0.2, 0.25) is 5.91 Å². The Labute approximate surface area is 210 Å². The van der Waals surface area contributed by atoms with E-state index in [1.807, 2.05) is 65.7 Å². The molecule has 1 fully saturated rings. The van der Waals surface area contributed by atoms with E-state index in [0.717, 1.165) is 30.4 Å². The minimum absolute atomic E-state index is 0.0492. The average Bonchev–Trinajstić information content (AvgIpc) is 3.44. The fourth-order valence-corrected chi connectivity index (χ4v) is 5.06. The van der Waals surface area contributed by atoms with Crippen LogP contribution in [0.4, 0.5) is 0 Å². The topological polar surface area (TPSA) is 78.5 Å². The van der Waals surface area contributed by atoms with Crippen LogP contribution in [-0.2, 0) is 11.3 Å². The molecule has 0 aliphatic carbocycles. The second-order valence-electron chi connectivity index (χ2n) is 8.80. The molecular formula is C28H31N3O3S. The third kappa shape index (κ3) is 6.36. The number of hydrogen-bond donors (Lipinski definition) is 2. The van der Waals surface area contributed by atoms with E-state index < -0.39 is 0 Å². The van der Waals surface area contributed by atoms with Crippen molar-refractivity contribution in [2.75, 3.05) is 13.1 Å². The standard InChI is InChI=1S/C28H31N3O3S/c1-2-24(21-7-4-3-5-8-21)28(34)31-16-14-23(15-17-31)30-26(32)22-12-10-20(11-13-22)19-29-27(33)25-9-6-18-35-25/h3-13,18,23-24H,2,14-17,19H2,1H3,(H,29,33)(H,30,32). The van der Waals surface area contributed by atoms with Gasteiger partial charge >= 0.3 is 0 Å². The van der Waals surface area contributed by atoms with Crippen LogP contribution in [0.25, 0.3) is 0 Å². The van der Waals surface area contributed by atoms with E-state index in [0.29, 0.717) is 30.1 Å². The molecule has 1 aliphatic rings. The first-order valence-corrected chi connectivity index (χ1v) is 13.0. The molecule has 0 saturated carbocycles. The summed E-state index contributed by atoms with van der Waals surface area (Å²) in [5.41, 5.74) is 2.58. The first kappa shape index (κ1) is 24.7. The van der Waals surface area contributed by atoms with Crippen LogP contribution < -0.4 is 10.6 Å². The molecule has 7 heteroatoms. The summed E-state index contributed by atoms with van der Waals surface area (Å²) in [6.07, 6.45) is 2.26. The zero-order valence-corrected chi connectivity index (χ0v) is 20.7. The first-order valence-electron chi connectivity index (χ1n) is 12.1. The first-order chi connectivity index (χ1) is 17.0. The van der Waals surface area contributed by atoms with E-state index in [9.17, 15) is 14.4 Å². The van der Waals surface area contributed by atoms with Gasteiger partial charge in [0.1, 0.15) is 0 Å². The number of nitrogens with one attached hydrogen (secondary N) is 2. The van der Waals surface area contributed by atoms with Gasteiger partial charge in [-0.05, 0) is 54.0 Å². The van der Waals surface area contributed by atoms with Gasteiger partial charge < -0.3 is 15.5 Å². The zero-order chi connectivity index (χ0) is 24.6. The molecule has 1 aliphatic heterocycles. The third-order valence-electron chi connectivity index (χ3n) is 6.46. The van der Waals surface area contributed by atoms with Crippen molar-refractivity contribution in [2.24, 2.45) is 0 Å². The number of piperidine rings is 1. The van der Waals surface area contributed by atoms with Crippen molar-refractivity contribution in [3.63, 3.8) is 0 Å². The van der Waals surface area contributed by atoms with Gasteiger partial charge in [0, 0.05) is 31.2 Å². The lowest BCUT2D eigenvalue weighted by Gasteiger charge is -2.34. The molecule has 1 saturated heterocycles. The average molecular weight is 490 g/mol. The summed E-state index contributed by atoms with van der Waals surface area (Å²) in [6.45, 7) is 3.75. The van der Waals surface area contributed by atoms with Crippen LogP contribution >= 0.6 is 11.3 Å². The van der Waals surface area contributed by atoms with Crippen LogP contribution in [0.1, 0.15) is 63.3 Å². The van der Waals surface area contributed by atoms with Gasteiger partial charge in [-0.3, -0.25) is 14.4 Å². The molecule has 2 heterocycles. The van der Waals surface area contributed by atoms with Crippen LogP contribution in [-0.4, -0.2) is 41.8 Å². The number of thiophene rings is 1. The third-order valence-corrected chi connectivity index (χ3v) is 7.33. The highest BCUT2D eigenvalue weighted by Crippen LogP contribution is 2.24. The van der Waals surface area contributed by atoms with Crippen LogP contribution in [0, 0.1) is 0 Å². The maximum Gasteiger partial charge on any atom is 0.261 e. The smallest absolute Gasteiger partial charge is 0.261 e. The summed E-state index contributed by atoms with van der Waals surface area (Å²) in [6, 6.07) is 20.9. The predicted octanol–water partition coefficient (Wildman–Crippen LogP) is 4.59. The summed E-state index contributed by atoms with van der Waals surface area (Å²) in [5, 5.41) is 7.87. The van der Waals surface area contributed by atoms with Crippen molar-refractivity contribution >= 4 is 29.1 Å². The fourth-order valence-electron chi connectivity index (χ4n) is 4.42. The summed E-state index contributed by atoms with van der Waals surface area (Å²) in [5.74, 6) is -0.151. The molecule has 35 heavy (non-hydrogen) atoms. The highest BCUT2D eigenvalue weighted by atomic mass is 32.1. The van der Waals surface area contributed by atoms with Crippen molar-refractivity contribution in [3.05, 3.63) is 93.7 Å². The van der Waals surface area contributed by atoms with Crippen molar-refractivity contribution in [3.8, 4) is 0 Å². The Kier molecular flexibility index (Phi) is 8.32. The summed E-state index contributed by atoms with van der Waals surface area (Å²) >= 11 is 1.41. The zero-order valence-electron chi connectivity index (χ0n) is 19.9. The van der Waals surface area contributed by atoms with E-state index in [1.165, 1.54) is 11.3 Å². The number of hydrogen-bond acceptors (Lipinski definition) is 4. The number of likely N-dealkylation sites (tertiary alicyclic amines) is 1. The number of nitrogens with zero attached hydrogens (tertiary/aromatic N) is 1. The number of carbonyl (C=O) groups is 3. The van der Waals surface area contributed by atoms with Crippen LogP contribution in [0.2, 0.25) is 0 Å². The fraction of sp³-hybridized carbons (Fsp3) is 0.321.